The number of pyridine rings is 1. The van der Waals surface area contributed by atoms with E-state index in [1.165, 1.54) is 5.56 Å². The summed E-state index contributed by atoms with van der Waals surface area (Å²) in [6.45, 7) is 12.4. The lowest BCUT2D eigenvalue weighted by Gasteiger charge is -2.21. The highest BCUT2D eigenvalue weighted by Crippen LogP contribution is 2.11. The van der Waals surface area contributed by atoms with Crippen LogP contribution in [0.4, 0.5) is 5.82 Å². The Morgan fingerprint density at radius 2 is 2.25 bits per heavy atom. The van der Waals surface area contributed by atoms with Crippen molar-refractivity contribution < 1.29 is 4.74 Å². The van der Waals surface area contributed by atoms with Crippen LogP contribution >= 0.6 is 0 Å². The molecule has 0 fully saturated rings. The van der Waals surface area contributed by atoms with Crippen molar-refractivity contribution in [1.82, 2.24) is 10.3 Å². The molecule has 1 N–H and O–H groups in total. The van der Waals surface area contributed by atoms with Crippen LogP contribution < -0.4 is 10.2 Å². The van der Waals surface area contributed by atoms with E-state index in [9.17, 15) is 0 Å². The van der Waals surface area contributed by atoms with Gasteiger partial charge in [-0.2, -0.15) is 0 Å². The molecule has 20 heavy (non-hydrogen) atoms. The number of anilines is 1. The van der Waals surface area contributed by atoms with Gasteiger partial charge in [0.05, 0.1) is 6.61 Å². The summed E-state index contributed by atoms with van der Waals surface area (Å²) in [6.07, 6.45) is 3.82. The molecule has 0 aliphatic carbocycles. The number of aromatic nitrogens is 1. The van der Waals surface area contributed by atoms with E-state index >= 15 is 0 Å². The lowest BCUT2D eigenvalue weighted by atomic mass is 10.2. The number of nitrogens with one attached hydrogen (secondary N) is 1. The zero-order valence-electron chi connectivity index (χ0n) is 12.9. The molecule has 0 saturated heterocycles. The number of rotatable bonds is 10. The van der Waals surface area contributed by atoms with Gasteiger partial charge in [-0.25, -0.2) is 4.98 Å². The maximum absolute atomic E-state index is 5.13. The van der Waals surface area contributed by atoms with Crippen molar-refractivity contribution in [3.63, 3.8) is 0 Å². The van der Waals surface area contributed by atoms with Gasteiger partial charge in [0.1, 0.15) is 5.82 Å². The van der Waals surface area contributed by atoms with E-state index in [1.807, 2.05) is 12.3 Å². The van der Waals surface area contributed by atoms with Crippen molar-refractivity contribution in [3.8, 4) is 0 Å². The third-order valence-electron chi connectivity index (χ3n) is 2.93. The molecule has 0 bridgehead atoms. The molecular weight excluding hydrogens is 250 g/mol. The molecule has 112 valence electrons. The minimum Gasteiger partial charge on any atom is -0.383 e. The fourth-order valence-electron chi connectivity index (χ4n) is 1.87. The first-order valence-corrected chi connectivity index (χ1v) is 7.17. The zero-order valence-corrected chi connectivity index (χ0v) is 12.9. The minimum atomic E-state index is 0.666. The molecule has 4 nitrogen and oxygen atoms in total. The van der Waals surface area contributed by atoms with Gasteiger partial charge in [0.25, 0.3) is 0 Å². The Morgan fingerprint density at radius 3 is 2.80 bits per heavy atom. The number of hydrogen-bond acceptors (Lipinski definition) is 4. The van der Waals surface area contributed by atoms with Crippen molar-refractivity contribution in [2.45, 2.75) is 20.4 Å². The SMILES string of the molecule is C=CCN(CCOC)c1ccc(CNCC(C)C)cn1. The van der Waals surface area contributed by atoms with Crippen LogP contribution in [0.3, 0.4) is 0 Å². The monoisotopic (exact) mass is 277 g/mol. The van der Waals surface area contributed by atoms with Crippen LogP contribution in [0, 0.1) is 5.92 Å². The van der Waals surface area contributed by atoms with Crippen LogP contribution in [-0.4, -0.2) is 38.3 Å². The summed E-state index contributed by atoms with van der Waals surface area (Å²) in [4.78, 5) is 6.69. The molecule has 1 aromatic heterocycles. The third-order valence-corrected chi connectivity index (χ3v) is 2.93. The van der Waals surface area contributed by atoms with Gasteiger partial charge in [0.2, 0.25) is 0 Å². The van der Waals surface area contributed by atoms with E-state index in [4.69, 9.17) is 4.74 Å². The maximum atomic E-state index is 5.13. The second-order valence-electron chi connectivity index (χ2n) is 5.28. The number of nitrogens with zero attached hydrogens (tertiary/aromatic N) is 2. The number of ether oxygens (including phenoxy) is 1. The van der Waals surface area contributed by atoms with Gasteiger partial charge in [-0.05, 0) is 24.1 Å². The minimum absolute atomic E-state index is 0.666. The van der Waals surface area contributed by atoms with Crippen molar-refractivity contribution in [1.29, 1.82) is 0 Å². The average molecular weight is 277 g/mol. The Morgan fingerprint density at radius 1 is 1.45 bits per heavy atom. The first-order valence-electron chi connectivity index (χ1n) is 7.17. The Labute approximate surface area is 122 Å². The standard InChI is InChI=1S/C16H27N3O/c1-5-8-19(9-10-20-4)16-7-6-15(13-18-16)12-17-11-14(2)3/h5-7,13-14,17H,1,8-12H2,2-4H3. The van der Waals surface area contributed by atoms with E-state index in [1.54, 1.807) is 7.11 Å². The van der Waals surface area contributed by atoms with Crippen molar-refractivity contribution in [3.05, 3.63) is 36.5 Å². The van der Waals surface area contributed by atoms with Gasteiger partial charge in [-0.15, -0.1) is 6.58 Å². The highest BCUT2D eigenvalue weighted by Gasteiger charge is 2.06. The molecule has 0 saturated carbocycles. The van der Waals surface area contributed by atoms with E-state index in [-0.39, 0.29) is 0 Å². The molecule has 0 aliphatic heterocycles. The van der Waals surface area contributed by atoms with Crippen LogP contribution in [0.5, 0.6) is 0 Å². The summed E-state index contributed by atoms with van der Waals surface area (Å²) in [6, 6.07) is 4.18. The number of methoxy groups -OCH3 is 1. The predicted octanol–water partition coefficient (Wildman–Crippen LogP) is 2.47. The fourth-order valence-corrected chi connectivity index (χ4v) is 1.87. The van der Waals surface area contributed by atoms with Gasteiger partial charge < -0.3 is 15.0 Å². The van der Waals surface area contributed by atoms with Gasteiger partial charge in [-0.3, -0.25) is 0 Å². The van der Waals surface area contributed by atoms with Gasteiger partial charge in [0, 0.05) is 32.9 Å². The summed E-state index contributed by atoms with van der Waals surface area (Å²) in [5.74, 6) is 1.63. The molecule has 0 radical (unpaired) electrons. The van der Waals surface area contributed by atoms with Crippen molar-refractivity contribution in [2.24, 2.45) is 5.92 Å². The van der Waals surface area contributed by atoms with Crippen LogP contribution in [0.2, 0.25) is 0 Å². The Bertz CT molecular complexity index is 376. The smallest absolute Gasteiger partial charge is 0.128 e. The molecule has 1 aromatic rings. The number of hydrogen-bond donors (Lipinski definition) is 1. The second kappa shape index (κ2) is 9.50. The molecule has 0 aromatic carbocycles. The lowest BCUT2D eigenvalue weighted by Crippen LogP contribution is -2.28. The van der Waals surface area contributed by atoms with Crippen LogP contribution in [0.25, 0.3) is 0 Å². The molecule has 0 unspecified atom stereocenters. The van der Waals surface area contributed by atoms with Gasteiger partial charge >= 0.3 is 0 Å². The molecule has 1 heterocycles. The third kappa shape index (κ3) is 6.17. The first-order chi connectivity index (χ1) is 9.67. The Kier molecular flexibility index (Phi) is 7.92. The van der Waals surface area contributed by atoms with E-state index < -0.39 is 0 Å². The molecular formula is C16H27N3O. The highest BCUT2D eigenvalue weighted by atomic mass is 16.5. The zero-order chi connectivity index (χ0) is 14.8. The predicted molar refractivity (Wildman–Crippen MR) is 85.1 cm³/mol. The molecule has 0 spiro atoms. The summed E-state index contributed by atoms with van der Waals surface area (Å²) < 4.78 is 5.13. The van der Waals surface area contributed by atoms with Gasteiger partial charge in [-0.1, -0.05) is 26.0 Å². The summed E-state index contributed by atoms with van der Waals surface area (Å²) >= 11 is 0. The van der Waals surface area contributed by atoms with Crippen LogP contribution in [0.1, 0.15) is 19.4 Å². The summed E-state index contributed by atoms with van der Waals surface area (Å²) in [5.41, 5.74) is 1.21. The Balaban J connectivity index is 2.55. The molecule has 0 aliphatic rings. The first kappa shape index (κ1) is 16.7. The van der Waals surface area contributed by atoms with Gasteiger partial charge in [0.15, 0.2) is 0 Å². The summed E-state index contributed by atoms with van der Waals surface area (Å²) in [7, 11) is 1.71. The quantitative estimate of drug-likeness (QED) is 0.667. The van der Waals surface area contributed by atoms with Crippen LogP contribution in [0.15, 0.2) is 31.0 Å². The summed E-state index contributed by atoms with van der Waals surface area (Å²) in [5, 5.41) is 3.42. The van der Waals surface area contributed by atoms with E-state index in [0.717, 1.165) is 32.0 Å². The normalized spacial score (nSPS) is 10.8. The maximum Gasteiger partial charge on any atom is 0.128 e. The topological polar surface area (TPSA) is 37.4 Å². The van der Waals surface area contributed by atoms with Crippen molar-refractivity contribution in [2.75, 3.05) is 38.3 Å². The Hall–Kier alpha value is -1.39. The second-order valence-corrected chi connectivity index (χ2v) is 5.28. The van der Waals surface area contributed by atoms with E-state index in [2.05, 4.69) is 47.8 Å². The van der Waals surface area contributed by atoms with E-state index in [0.29, 0.717) is 12.5 Å². The molecule has 0 atom stereocenters. The van der Waals surface area contributed by atoms with Crippen LogP contribution in [-0.2, 0) is 11.3 Å². The molecule has 1 rings (SSSR count). The largest absolute Gasteiger partial charge is 0.383 e. The highest BCUT2D eigenvalue weighted by molar-refractivity contribution is 5.40. The molecule has 4 heteroatoms. The van der Waals surface area contributed by atoms with Crippen molar-refractivity contribution >= 4 is 5.82 Å². The average Bonchev–Trinajstić information content (AvgIpc) is 2.44. The molecule has 0 amide bonds. The fraction of sp³-hybridized carbons (Fsp3) is 0.562. The lowest BCUT2D eigenvalue weighted by molar-refractivity contribution is 0.205.